The monoisotopic (exact) mass is 540 g/mol. The van der Waals surface area contributed by atoms with Gasteiger partial charge >= 0.3 is 12.1 Å². The summed E-state index contributed by atoms with van der Waals surface area (Å²) >= 11 is 0. The molecule has 4 rings (SSSR count). The lowest BCUT2D eigenvalue weighted by atomic mass is 9.92. The predicted octanol–water partition coefficient (Wildman–Crippen LogP) is 6.01. The highest BCUT2D eigenvalue weighted by Crippen LogP contribution is 2.41. The number of amides is 1. The van der Waals surface area contributed by atoms with Gasteiger partial charge in [0.25, 0.3) is 5.56 Å². The lowest BCUT2D eigenvalue weighted by Crippen LogP contribution is -2.38. The Morgan fingerprint density at radius 2 is 1.49 bits per heavy atom. The molecule has 0 radical (unpaired) electrons. The Bertz CT molecular complexity index is 1600. The number of pyridine rings is 1. The molecule has 9 heteroatoms. The molecule has 0 saturated heterocycles. The second kappa shape index (κ2) is 11.3. The third kappa shape index (κ3) is 6.30. The van der Waals surface area contributed by atoms with Crippen LogP contribution < -0.4 is 10.9 Å². The molecule has 0 saturated carbocycles. The number of rotatable bonds is 3. The normalized spacial score (nSPS) is 11.6. The Morgan fingerprint density at radius 3 is 2.10 bits per heavy atom. The molecule has 0 aliphatic rings. The van der Waals surface area contributed by atoms with Crippen LogP contribution in [0.3, 0.4) is 0 Å². The Morgan fingerprint density at radius 1 is 0.897 bits per heavy atom. The van der Waals surface area contributed by atoms with Gasteiger partial charge in [-0.25, -0.2) is 0 Å². The predicted molar refractivity (Wildman–Crippen MR) is 146 cm³/mol. The topological polar surface area (TPSA) is 77.4 Å². The van der Waals surface area contributed by atoms with E-state index in [2.05, 4.69) is 10.1 Å². The minimum Gasteiger partial charge on any atom is -0.468 e. The zero-order chi connectivity index (χ0) is 29.1. The van der Waals surface area contributed by atoms with Crippen LogP contribution in [0.15, 0.2) is 65.5 Å². The van der Waals surface area contributed by atoms with Crippen molar-refractivity contribution in [3.63, 3.8) is 0 Å². The Labute approximate surface area is 224 Å². The van der Waals surface area contributed by atoms with Crippen molar-refractivity contribution in [1.82, 2.24) is 9.88 Å². The Balaban J connectivity index is 0.000000298. The standard InChI is InChI=1S/C22H16F3NO.C8H15NO3/c1-13-7-5-10-15-14(13)9-6-11-16(15)19-20(22(23,24)25)17-8-3-4-12-18(17)26(2)21(19)27;1-8(2,3)7(11)9-5-6(10)12-4/h3-12H,1-2H3;5H2,1-4H3,(H,9,11). The molecule has 206 valence electrons. The number of hydrogen-bond donors (Lipinski definition) is 1. The van der Waals surface area contributed by atoms with Gasteiger partial charge < -0.3 is 14.6 Å². The summed E-state index contributed by atoms with van der Waals surface area (Å²) in [7, 11) is 2.79. The molecule has 6 nitrogen and oxygen atoms in total. The van der Waals surface area contributed by atoms with Crippen LogP contribution in [0.1, 0.15) is 31.9 Å². The molecular weight excluding hydrogens is 509 g/mol. The number of methoxy groups -OCH3 is 1. The summed E-state index contributed by atoms with van der Waals surface area (Å²) in [6.45, 7) is 7.17. The van der Waals surface area contributed by atoms with E-state index in [9.17, 15) is 27.6 Å². The highest BCUT2D eigenvalue weighted by molar-refractivity contribution is 6.01. The molecule has 0 bridgehead atoms. The van der Waals surface area contributed by atoms with Gasteiger partial charge in [-0.05, 0) is 34.9 Å². The molecule has 1 amide bonds. The molecule has 0 atom stereocenters. The third-order valence-electron chi connectivity index (χ3n) is 6.30. The van der Waals surface area contributed by atoms with Crippen molar-refractivity contribution in [3.8, 4) is 11.1 Å². The van der Waals surface area contributed by atoms with E-state index in [-0.39, 0.29) is 28.9 Å². The number of nitrogens with one attached hydrogen (secondary N) is 1. The van der Waals surface area contributed by atoms with E-state index in [1.807, 2.05) is 19.1 Å². The maximum atomic E-state index is 14.1. The molecule has 0 unspecified atom stereocenters. The van der Waals surface area contributed by atoms with E-state index in [4.69, 9.17) is 0 Å². The van der Waals surface area contributed by atoms with Gasteiger partial charge in [-0.15, -0.1) is 0 Å². The van der Waals surface area contributed by atoms with E-state index in [0.717, 1.165) is 10.9 Å². The van der Waals surface area contributed by atoms with Gasteiger partial charge in [-0.2, -0.15) is 13.2 Å². The van der Waals surface area contributed by atoms with E-state index in [1.165, 1.54) is 30.9 Å². The second-order valence-electron chi connectivity index (χ2n) is 10.1. The first-order valence-corrected chi connectivity index (χ1v) is 12.2. The third-order valence-corrected chi connectivity index (χ3v) is 6.30. The summed E-state index contributed by atoms with van der Waals surface area (Å²) in [5.74, 6) is -0.597. The second-order valence-corrected chi connectivity index (χ2v) is 10.1. The van der Waals surface area contributed by atoms with Crippen LogP contribution in [-0.2, 0) is 27.5 Å². The van der Waals surface area contributed by atoms with E-state index in [0.29, 0.717) is 10.9 Å². The van der Waals surface area contributed by atoms with Gasteiger partial charge in [0.2, 0.25) is 5.91 Å². The first kappa shape index (κ1) is 29.4. The number of halogens is 3. The van der Waals surface area contributed by atoms with E-state index in [1.54, 1.807) is 57.2 Å². The van der Waals surface area contributed by atoms with Crippen LogP contribution in [0, 0.1) is 12.3 Å². The fraction of sp³-hybridized carbons (Fsp3) is 0.300. The number of carbonyl (C=O) groups is 2. The number of ether oxygens (including phenoxy) is 1. The first-order chi connectivity index (χ1) is 18.2. The highest BCUT2D eigenvalue weighted by atomic mass is 19.4. The summed E-state index contributed by atoms with van der Waals surface area (Å²) < 4.78 is 48.0. The van der Waals surface area contributed by atoms with Crippen LogP contribution in [0.4, 0.5) is 13.2 Å². The Hall–Kier alpha value is -4.14. The molecule has 1 heterocycles. The van der Waals surface area contributed by atoms with Crippen molar-refractivity contribution in [2.75, 3.05) is 13.7 Å². The quantitative estimate of drug-likeness (QED) is 0.323. The number of benzene rings is 3. The van der Waals surface area contributed by atoms with E-state index >= 15 is 0 Å². The van der Waals surface area contributed by atoms with Crippen LogP contribution in [-0.4, -0.2) is 30.1 Å². The van der Waals surface area contributed by atoms with Crippen molar-refractivity contribution < 1.29 is 27.5 Å². The van der Waals surface area contributed by atoms with Gasteiger partial charge in [-0.3, -0.25) is 14.4 Å². The Kier molecular flexibility index (Phi) is 8.53. The molecule has 1 aromatic heterocycles. The molecule has 4 aromatic rings. The van der Waals surface area contributed by atoms with E-state index < -0.39 is 28.7 Å². The van der Waals surface area contributed by atoms with Gasteiger partial charge in [0.1, 0.15) is 6.54 Å². The van der Waals surface area contributed by atoms with Crippen molar-refractivity contribution in [2.24, 2.45) is 12.5 Å². The minimum atomic E-state index is -4.66. The zero-order valence-electron chi connectivity index (χ0n) is 22.7. The number of aryl methyl sites for hydroxylation is 2. The van der Waals surface area contributed by atoms with Crippen molar-refractivity contribution >= 4 is 33.6 Å². The molecule has 0 spiro atoms. The SMILES string of the molecule is COC(=O)CNC(=O)C(C)(C)C.Cc1cccc2c(-c3c(C(F)(F)F)c4ccccc4n(C)c3=O)cccc12. The zero-order valence-corrected chi connectivity index (χ0v) is 22.7. The summed E-state index contributed by atoms with van der Waals surface area (Å²) in [4.78, 5) is 34.8. The molecule has 0 aliphatic carbocycles. The largest absolute Gasteiger partial charge is 0.468 e. The lowest BCUT2D eigenvalue weighted by molar-refractivity contribution is -0.142. The number of para-hydroxylation sites is 1. The van der Waals surface area contributed by atoms with Gasteiger partial charge in [0.05, 0.1) is 23.8 Å². The smallest absolute Gasteiger partial charge is 0.417 e. The molecule has 0 fully saturated rings. The highest BCUT2D eigenvalue weighted by Gasteiger charge is 2.38. The number of hydrogen-bond acceptors (Lipinski definition) is 4. The summed E-state index contributed by atoms with van der Waals surface area (Å²) in [5, 5.41) is 3.95. The van der Waals surface area contributed by atoms with Crippen molar-refractivity contribution in [2.45, 2.75) is 33.9 Å². The minimum absolute atomic E-state index is 0.0201. The fourth-order valence-electron chi connectivity index (χ4n) is 4.22. The van der Waals surface area contributed by atoms with Gasteiger partial charge in [0.15, 0.2) is 0 Å². The molecule has 1 N–H and O–H groups in total. The number of nitrogens with zero attached hydrogens (tertiary/aromatic N) is 1. The molecule has 39 heavy (non-hydrogen) atoms. The molecule has 0 aliphatic heterocycles. The summed E-state index contributed by atoms with van der Waals surface area (Å²) in [6, 6.07) is 16.7. The van der Waals surface area contributed by atoms with Crippen LogP contribution in [0.5, 0.6) is 0 Å². The summed E-state index contributed by atoms with van der Waals surface area (Å²) in [5.41, 5.74) is -0.802. The number of esters is 1. The van der Waals surface area contributed by atoms with Gasteiger partial charge in [0, 0.05) is 17.8 Å². The number of carbonyl (C=O) groups excluding carboxylic acids is 2. The number of fused-ring (bicyclic) bond motifs is 2. The first-order valence-electron chi connectivity index (χ1n) is 12.2. The average molecular weight is 541 g/mol. The van der Waals surface area contributed by atoms with Crippen LogP contribution >= 0.6 is 0 Å². The van der Waals surface area contributed by atoms with Gasteiger partial charge in [-0.1, -0.05) is 75.4 Å². The maximum absolute atomic E-state index is 14.1. The lowest BCUT2D eigenvalue weighted by Gasteiger charge is -2.19. The number of aromatic nitrogens is 1. The van der Waals surface area contributed by atoms with Crippen LogP contribution in [0.2, 0.25) is 0 Å². The number of alkyl halides is 3. The fourth-order valence-corrected chi connectivity index (χ4v) is 4.22. The van der Waals surface area contributed by atoms with Crippen molar-refractivity contribution in [3.05, 3.63) is 82.1 Å². The average Bonchev–Trinajstić information content (AvgIpc) is 2.88. The molecular formula is C30H31F3N2O4. The summed E-state index contributed by atoms with van der Waals surface area (Å²) in [6.07, 6.45) is -4.66. The van der Waals surface area contributed by atoms with Crippen molar-refractivity contribution in [1.29, 1.82) is 0 Å². The maximum Gasteiger partial charge on any atom is 0.417 e. The molecule has 3 aromatic carbocycles. The van der Waals surface area contributed by atoms with Crippen LogP contribution in [0.25, 0.3) is 32.8 Å².